The molecule has 1 aliphatic heterocycles. The predicted octanol–water partition coefficient (Wildman–Crippen LogP) is 0.779. The van der Waals surface area contributed by atoms with E-state index in [4.69, 9.17) is 0 Å². The standard InChI is InChI=1S/C10H14N4O3.ClH/c1-7-5-11-2-3-13(7)10(15)9-4-8(6-12-9)14(16)17;/h4,6-7,11-12H,2-3,5H2,1H3;1H/t7-;/m1./s1. The SMILES string of the molecule is C[C@@H]1CNCCN1C(=O)c1cc([N+](=O)[O-])c[nH]1.Cl. The molecule has 2 N–H and O–H groups in total. The van der Waals surface area contributed by atoms with Gasteiger partial charge in [0.05, 0.1) is 11.1 Å². The molecule has 0 spiro atoms. The van der Waals surface area contributed by atoms with Crippen LogP contribution in [0.15, 0.2) is 12.3 Å². The Morgan fingerprint density at radius 1 is 1.61 bits per heavy atom. The Morgan fingerprint density at radius 2 is 2.33 bits per heavy atom. The van der Waals surface area contributed by atoms with Crippen LogP contribution in [0.5, 0.6) is 0 Å². The van der Waals surface area contributed by atoms with Gasteiger partial charge in [-0.3, -0.25) is 14.9 Å². The zero-order valence-electron chi connectivity index (χ0n) is 9.88. The monoisotopic (exact) mass is 274 g/mol. The third-order valence-electron chi connectivity index (χ3n) is 2.87. The van der Waals surface area contributed by atoms with Crippen molar-refractivity contribution in [3.63, 3.8) is 0 Å². The summed E-state index contributed by atoms with van der Waals surface area (Å²) < 4.78 is 0. The Kier molecular flexibility index (Phi) is 4.69. The number of hydrogen-bond acceptors (Lipinski definition) is 4. The first-order chi connectivity index (χ1) is 8.09. The second-order valence-electron chi connectivity index (χ2n) is 4.08. The molecule has 0 radical (unpaired) electrons. The van der Waals surface area contributed by atoms with E-state index in [1.165, 1.54) is 12.3 Å². The molecule has 8 heteroatoms. The molecule has 1 saturated heterocycles. The van der Waals surface area contributed by atoms with Gasteiger partial charge in [0.1, 0.15) is 5.69 Å². The number of nitro groups is 1. The summed E-state index contributed by atoms with van der Waals surface area (Å²) in [5, 5.41) is 13.7. The predicted molar refractivity (Wildman–Crippen MR) is 68.1 cm³/mol. The number of nitrogens with zero attached hydrogens (tertiary/aromatic N) is 2. The van der Waals surface area contributed by atoms with Crippen molar-refractivity contribution in [2.24, 2.45) is 0 Å². The number of hydrogen-bond donors (Lipinski definition) is 2. The number of carbonyl (C=O) groups is 1. The molecule has 1 amide bonds. The Bertz CT molecular complexity index is 448. The van der Waals surface area contributed by atoms with E-state index < -0.39 is 4.92 Å². The lowest BCUT2D eigenvalue weighted by molar-refractivity contribution is -0.384. The van der Waals surface area contributed by atoms with Crippen molar-refractivity contribution in [2.75, 3.05) is 19.6 Å². The van der Waals surface area contributed by atoms with E-state index >= 15 is 0 Å². The van der Waals surface area contributed by atoms with Gasteiger partial charge in [0.15, 0.2) is 0 Å². The van der Waals surface area contributed by atoms with Gasteiger partial charge >= 0.3 is 0 Å². The highest BCUT2D eigenvalue weighted by atomic mass is 35.5. The van der Waals surface area contributed by atoms with Gasteiger partial charge in [-0.05, 0) is 6.92 Å². The molecule has 18 heavy (non-hydrogen) atoms. The maximum Gasteiger partial charge on any atom is 0.287 e. The van der Waals surface area contributed by atoms with Gasteiger partial charge in [0.2, 0.25) is 0 Å². The Morgan fingerprint density at radius 3 is 2.89 bits per heavy atom. The largest absolute Gasteiger partial charge is 0.351 e. The number of aromatic nitrogens is 1. The van der Waals surface area contributed by atoms with Crippen molar-refractivity contribution < 1.29 is 9.72 Å². The zero-order valence-corrected chi connectivity index (χ0v) is 10.7. The van der Waals surface area contributed by atoms with Crippen LogP contribution >= 0.6 is 12.4 Å². The average Bonchev–Trinajstić information content (AvgIpc) is 2.78. The number of carbonyl (C=O) groups excluding carboxylic acids is 1. The van der Waals surface area contributed by atoms with Gasteiger partial charge in [0, 0.05) is 31.7 Å². The highest BCUT2D eigenvalue weighted by Crippen LogP contribution is 2.15. The van der Waals surface area contributed by atoms with Gasteiger partial charge in [-0.15, -0.1) is 12.4 Å². The first-order valence-electron chi connectivity index (χ1n) is 5.44. The molecule has 1 aliphatic rings. The van der Waals surface area contributed by atoms with E-state index in [0.717, 1.165) is 13.1 Å². The molecule has 2 heterocycles. The lowest BCUT2D eigenvalue weighted by atomic mass is 10.2. The summed E-state index contributed by atoms with van der Waals surface area (Å²) in [5.74, 6) is -0.188. The van der Waals surface area contributed by atoms with E-state index in [9.17, 15) is 14.9 Å². The van der Waals surface area contributed by atoms with E-state index in [-0.39, 0.29) is 35.7 Å². The number of piperazine rings is 1. The van der Waals surface area contributed by atoms with E-state index in [1.54, 1.807) is 4.90 Å². The van der Waals surface area contributed by atoms with E-state index in [1.807, 2.05) is 6.92 Å². The molecule has 1 atom stereocenters. The summed E-state index contributed by atoms with van der Waals surface area (Å²) in [7, 11) is 0. The first-order valence-corrected chi connectivity index (χ1v) is 5.44. The summed E-state index contributed by atoms with van der Waals surface area (Å²) in [4.78, 5) is 26.5. The molecule has 1 aromatic heterocycles. The van der Waals surface area contributed by atoms with Crippen LogP contribution in [0.3, 0.4) is 0 Å². The number of aromatic amines is 1. The van der Waals surface area contributed by atoms with Gasteiger partial charge < -0.3 is 15.2 Å². The quantitative estimate of drug-likeness (QED) is 0.616. The van der Waals surface area contributed by atoms with Crippen LogP contribution < -0.4 is 5.32 Å². The molecule has 0 aromatic carbocycles. The van der Waals surface area contributed by atoms with Crippen molar-refractivity contribution in [1.29, 1.82) is 0 Å². The van der Waals surface area contributed by atoms with E-state index in [0.29, 0.717) is 6.54 Å². The van der Waals surface area contributed by atoms with Crippen molar-refractivity contribution in [3.8, 4) is 0 Å². The van der Waals surface area contributed by atoms with Crippen LogP contribution in [0.1, 0.15) is 17.4 Å². The summed E-state index contributed by atoms with van der Waals surface area (Å²) in [6.45, 7) is 4.06. The van der Waals surface area contributed by atoms with Crippen molar-refractivity contribution in [2.45, 2.75) is 13.0 Å². The third-order valence-corrected chi connectivity index (χ3v) is 2.87. The Labute approximate surface area is 110 Å². The lowest BCUT2D eigenvalue weighted by Gasteiger charge is -2.33. The summed E-state index contributed by atoms with van der Waals surface area (Å²) in [5.41, 5.74) is 0.182. The van der Waals surface area contributed by atoms with Gasteiger partial charge in [-0.1, -0.05) is 0 Å². The fourth-order valence-electron chi connectivity index (χ4n) is 1.91. The number of halogens is 1. The Hall–Kier alpha value is -1.60. The second kappa shape index (κ2) is 5.83. The van der Waals surface area contributed by atoms with Gasteiger partial charge in [0.25, 0.3) is 11.6 Å². The average molecular weight is 275 g/mol. The van der Waals surface area contributed by atoms with Gasteiger partial charge in [-0.25, -0.2) is 0 Å². The third kappa shape index (κ3) is 2.80. The molecule has 100 valence electrons. The fraction of sp³-hybridized carbons (Fsp3) is 0.500. The van der Waals surface area contributed by atoms with Crippen LogP contribution in [0.2, 0.25) is 0 Å². The molecule has 7 nitrogen and oxygen atoms in total. The molecule has 0 saturated carbocycles. The summed E-state index contributed by atoms with van der Waals surface area (Å²) >= 11 is 0. The van der Waals surface area contributed by atoms with Gasteiger partial charge in [-0.2, -0.15) is 0 Å². The molecule has 0 aliphatic carbocycles. The fourth-order valence-corrected chi connectivity index (χ4v) is 1.91. The number of amides is 1. The minimum Gasteiger partial charge on any atom is -0.351 e. The maximum absolute atomic E-state index is 12.1. The van der Waals surface area contributed by atoms with Crippen LogP contribution in [0, 0.1) is 10.1 Å². The van der Waals surface area contributed by atoms with Crippen LogP contribution in [0.4, 0.5) is 5.69 Å². The maximum atomic E-state index is 12.1. The Balaban J connectivity index is 0.00000162. The highest BCUT2D eigenvalue weighted by molar-refractivity contribution is 5.93. The van der Waals surface area contributed by atoms with Crippen molar-refractivity contribution in [1.82, 2.24) is 15.2 Å². The van der Waals surface area contributed by atoms with Crippen LogP contribution in [-0.2, 0) is 0 Å². The zero-order chi connectivity index (χ0) is 12.4. The van der Waals surface area contributed by atoms with E-state index in [2.05, 4.69) is 10.3 Å². The van der Waals surface area contributed by atoms with Crippen LogP contribution in [0.25, 0.3) is 0 Å². The summed E-state index contributed by atoms with van der Waals surface area (Å²) in [6.07, 6.45) is 1.24. The van der Waals surface area contributed by atoms with Crippen LogP contribution in [-0.4, -0.2) is 46.4 Å². The molecule has 1 fully saturated rings. The van der Waals surface area contributed by atoms with Crippen molar-refractivity contribution >= 4 is 24.0 Å². The van der Waals surface area contributed by atoms with Crippen molar-refractivity contribution in [3.05, 3.63) is 28.1 Å². The topological polar surface area (TPSA) is 91.3 Å². The minimum atomic E-state index is -0.519. The smallest absolute Gasteiger partial charge is 0.287 e. The molecule has 0 bridgehead atoms. The molecule has 2 rings (SSSR count). The minimum absolute atomic E-state index is 0. The summed E-state index contributed by atoms with van der Waals surface area (Å²) in [6, 6.07) is 1.37. The number of H-pyrrole nitrogens is 1. The highest BCUT2D eigenvalue weighted by Gasteiger charge is 2.26. The number of nitrogens with one attached hydrogen (secondary N) is 2. The molecular formula is C10H15ClN4O3. The molecular weight excluding hydrogens is 260 g/mol. The second-order valence-corrected chi connectivity index (χ2v) is 4.08. The number of rotatable bonds is 2. The normalized spacial score (nSPS) is 19.2. The molecule has 0 unspecified atom stereocenters. The lowest BCUT2D eigenvalue weighted by Crippen LogP contribution is -2.52. The molecule has 1 aromatic rings. The first kappa shape index (κ1) is 14.5.